The molecule has 7 heteroatoms. The number of rotatable bonds is 8. The predicted molar refractivity (Wildman–Crippen MR) is 77.2 cm³/mol. The monoisotopic (exact) mass is 290 g/mol. The van der Waals surface area contributed by atoms with Crippen LogP contribution in [0.5, 0.6) is 0 Å². The quantitative estimate of drug-likeness (QED) is 0.698. The van der Waals surface area contributed by atoms with E-state index in [-0.39, 0.29) is 18.2 Å². The van der Waals surface area contributed by atoms with Gasteiger partial charge in [-0.15, -0.1) is 0 Å². The van der Waals surface area contributed by atoms with Gasteiger partial charge in [-0.05, 0) is 5.56 Å². The molecule has 1 heterocycles. The number of carbonyl (C=O) groups is 1. The maximum atomic E-state index is 11.2. The summed E-state index contributed by atoms with van der Waals surface area (Å²) in [5.74, 6) is -0.527. The molecule has 0 saturated carbocycles. The number of carbonyl (C=O) groups excluding carboxylic acids is 1. The molecule has 0 spiro atoms. The summed E-state index contributed by atoms with van der Waals surface area (Å²) in [6.45, 7) is 1.53. The van der Waals surface area contributed by atoms with Crippen molar-refractivity contribution in [3.05, 3.63) is 47.9 Å². The van der Waals surface area contributed by atoms with E-state index in [0.29, 0.717) is 19.8 Å². The van der Waals surface area contributed by atoms with Crippen molar-refractivity contribution in [3.8, 4) is 0 Å². The molecule has 0 atom stereocenters. The molecule has 1 aromatic carbocycles. The molecule has 0 fully saturated rings. The normalized spacial score (nSPS) is 10.7. The third kappa shape index (κ3) is 4.30. The number of nitrogens with zero attached hydrogens (tertiary/aromatic N) is 2. The Hall–Kier alpha value is -2.38. The van der Waals surface area contributed by atoms with Gasteiger partial charge in [-0.1, -0.05) is 30.3 Å². The van der Waals surface area contributed by atoms with Crippen molar-refractivity contribution in [1.29, 1.82) is 0 Å². The Morgan fingerprint density at radius 1 is 1.19 bits per heavy atom. The highest BCUT2D eigenvalue weighted by Crippen LogP contribution is 2.08. The van der Waals surface area contributed by atoms with Gasteiger partial charge < -0.3 is 25.5 Å². The van der Waals surface area contributed by atoms with Crippen molar-refractivity contribution in [2.24, 2.45) is 5.73 Å². The molecule has 112 valence electrons. The van der Waals surface area contributed by atoms with E-state index in [2.05, 4.69) is 4.98 Å². The average molecular weight is 290 g/mol. The zero-order chi connectivity index (χ0) is 15.1. The molecule has 2 rings (SSSR count). The first-order valence-electron chi connectivity index (χ1n) is 6.48. The minimum absolute atomic E-state index is 0.103. The van der Waals surface area contributed by atoms with Crippen molar-refractivity contribution in [2.45, 2.75) is 13.3 Å². The molecular formula is C14H18N4O3. The number of benzene rings is 1. The summed E-state index contributed by atoms with van der Waals surface area (Å²) in [5, 5.41) is 0. The number of anilines is 1. The Morgan fingerprint density at radius 2 is 1.90 bits per heavy atom. The molecule has 0 aliphatic carbocycles. The van der Waals surface area contributed by atoms with Crippen molar-refractivity contribution in [2.75, 3.05) is 18.9 Å². The first-order chi connectivity index (χ1) is 10.2. The Bertz CT molecular complexity index is 583. The van der Waals surface area contributed by atoms with Crippen LogP contribution in [-0.2, 0) is 22.8 Å². The molecule has 0 aliphatic rings. The minimum atomic E-state index is -0.631. The Balaban J connectivity index is 1.67. The standard InChI is InChI=1S/C14H18N4O3/c15-13-12(14(16)19)18(9-17-13)10-21-7-6-20-8-11-4-2-1-3-5-11/h1-5,9H,6-8,10,15H2,(H2,16,19). The lowest BCUT2D eigenvalue weighted by Crippen LogP contribution is -2.19. The molecule has 2 aromatic rings. The van der Waals surface area contributed by atoms with Gasteiger partial charge in [-0.25, -0.2) is 4.98 Å². The Kier molecular flexibility index (Phi) is 5.30. The van der Waals surface area contributed by atoms with Crippen molar-refractivity contribution < 1.29 is 14.3 Å². The number of nitrogens with two attached hydrogens (primary N) is 2. The van der Waals surface area contributed by atoms with Gasteiger partial charge in [0.2, 0.25) is 0 Å². The topological polar surface area (TPSA) is 105 Å². The zero-order valence-corrected chi connectivity index (χ0v) is 11.6. The number of aromatic nitrogens is 2. The van der Waals surface area contributed by atoms with Gasteiger partial charge in [0.25, 0.3) is 5.91 Å². The number of hydrogen-bond acceptors (Lipinski definition) is 5. The third-order valence-corrected chi connectivity index (χ3v) is 2.81. The lowest BCUT2D eigenvalue weighted by molar-refractivity contribution is 0.0129. The van der Waals surface area contributed by atoms with Gasteiger partial charge in [0.15, 0.2) is 11.5 Å². The number of imidazole rings is 1. The summed E-state index contributed by atoms with van der Waals surface area (Å²) in [6, 6.07) is 9.87. The number of amides is 1. The van der Waals surface area contributed by atoms with E-state index in [1.165, 1.54) is 10.9 Å². The number of primary amides is 1. The summed E-state index contributed by atoms with van der Waals surface area (Å²) in [6.07, 6.45) is 1.42. The fourth-order valence-corrected chi connectivity index (χ4v) is 1.81. The van der Waals surface area contributed by atoms with E-state index < -0.39 is 5.91 Å². The van der Waals surface area contributed by atoms with Crippen molar-refractivity contribution in [3.63, 3.8) is 0 Å². The fourth-order valence-electron chi connectivity index (χ4n) is 1.81. The van der Waals surface area contributed by atoms with Gasteiger partial charge in [0, 0.05) is 0 Å². The lowest BCUT2D eigenvalue weighted by atomic mass is 10.2. The second-order valence-corrected chi connectivity index (χ2v) is 4.39. The molecule has 7 nitrogen and oxygen atoms in total. The van der Waals surface area contributed by atoms with Crippen molar-refractivity contribution in [1.82, 2.24) is 9.55 Å². The molecule has 0 saturated heterocycles. The molecule has 0 bridgehead atoms. The van der Waals surface area contributed by atoms with Gasteiger partial charge in [-0.2, -0.15) is 0 Å². The zero-order valence-electron chi connectivity index (χ0n) is 11.6. The van der Waals surface area contributed by atoms with Crippen molar-refractivity contribution >= 4 is 11.7 Å². The second kappa shape index (κ2) is 7.41. The number of ether oxygens (including phenoxy) is 2. The predicted octanol–water partition coefficient (Wildman–Crippen LogP) is 0.755. The lowest BCUT2D eigenvalue weighted by Gasteiger charge is -2.08. The SMILES string of the molecule is NC(=O)c1c(N)ncn1COCCOCc1ccccc1. The van der Waals surface area contributed by atoms with Crippen LogP contribution in [0.25, 0.3) is 0 Å². The second-order valence-electron chi connectivity index (χ2n) is 4.39. The highest BCUT2D eigenvalue weighted by atomic mass is 16.5. The first kappa shape index (κ1) is 15.0. The average Bonchev–Trinajstić information content (AvgIpc) is 2.85. The summed E-state index contributed by atoms with van der Waals surface area (Å²) in [4.78, 5) is 15.0. The van der Waals surface area contributed by atoms with Gasteiger partial charge >= 0.3 is 0 Å². The molecule has 1 amide bonds. The molecule has 0 unspecified atom stereocenters. The van der Waals surface area contributed by atoms with E-state index in [1.807, 2.05) is 30.3 Å². The number of nitrogen functional groups attached to an aromatic ring is 1. The summed E-state index contributed by atoms with van der Waals surface area (Å²) in [5.41, 5.74) is 12.0. The molecule has 21 heavy (non-hydrogen) atoms. The molecule has 0 aliphatic heterocycles. The van der Waals surface area contributed by atoms with Crippen LogP contribution in [0.4, 0.5) is 5.82 Å². The molecule has 1 aromatic heterocycles. The molecule has 0 radical (unpaired) electrons. The fraction of sp³-hybridized carbons (Fsp3) is 0.286. The van der Waals surface area contributed by atoms with Crippen LogP contribution >= 0.6 is 0 Å². The highest BCUT2D eigenvalue weighted by molar-refractivity contribution is 5.95. The van der Waals surface area contributed by atoms with Crippen LogP contribution in [0, 0.1) is 0 Å². The summed E-state index contributed by atoms with van der Waals surface area (Å²) < 4.78 is 12.3. The molecular weight excluding hydrogens is 272 g/mol. The van der Waals surface area contributed by atoms with Gasteiger partial charge in [0.1, 0.15) is 6.73 Å². The molecule has 4 N–H and O–H groups in total. The van der Waals surface area contributed by atoms with Crippen LogP contribution in [0.2, 0.25) is 0 Å². The third-order valence-electron chi connectivity index (χ3n) is 2.81. The van der Waals surface area contributed by atoms with E-state index in [9.17, 15) is 4.79 Å². The van der Waals surface area contributed by atoms with Gasteiger partial charge in [0.05, 0.1) is 26.1 Å². The van der Waals surface area contributed by atoms with E-state index in [4.69, 9.17) is 20.9 Å². The Labute approximate surface area is 122 Å². The Morgan fingerprint density at radius 3 is 2.62 bits per heavy atom. The van der Waals surface area contributed by atoms with Gasteiger partial charge in [-0.3, -0.25) is 4.79 Å². The highest BCUT2D eigenvalue weighted by Gasteiger charge is 2.13. The minimum Gasteiger partial charge on any atom is -0.382 e. The van der Waals surface area contributed by atoms with E-state index in [1.54, 1.807) is 0 Å². The maximum Gasteiger partial charge on any atom is 0.269 e. The van der Waals surface area contributed by atoms with Crippen LogP contribution in [-0.4, -0.2) is 28.7 Å². The van der Waals surface area contributed by atoms with E-state index in [0.717, 1.165) is 5.56 Å². The smallest absolute Gasteiger partial charge is 0.269 e. The summed E-state index contributed by atoms with van der Waals surface area (Å²) in [7, 11) is 0. The van der Waals surface area contributed by atoms with Crippen LogP contribution < -0.4 is 11.5 Å². The van der Waals surface area contributed by atoms with Crippen LogP contribution in [0.3, 0.4) is 0 Å². The largest absolute Gasteiger partial charge is 0.382 e. The number of hydrogen-bond donors (Lipinski definition) is 2. The van der Waals surface area contributed by atoms with Crippen LogP contribution in [0.1, 0.15) is 16.1 Å². The van der Waals surface area contributed by atoms with E-state index >= 15 is 0 Å². The maximum absolute atomic E-state index is 11.2. The summed E-state index contributed by atoms with van der Waals surface area (Å²) >= 11 is 0. The van der Waals surface area contributed by atoms with Crippen LogP contribution in [0.15, 0.2) is 36.7 Å². The first-order valence-corrected chi connectivity index (χ1v) is 6.48.